The molecule has 1 saturated carbocycles. The number of carbonyl (C=O) groups is 1. The summed E-state index contributed by atoms with van der Waals surface area (Å²) in [7, 11) is 3.41. The highest BCUT2D eigenvalue weighted by molar-refractivity contribution is 5.95. The number of benzene rings is 2. The van der Waals surface area contributed by atoms with Gasteiger partial charge in [0.1, 0.15) is 11.8 Å². The number of aromatic nitrogens is 2. The van der Waals surface area contributed by atoms with E-state index in [0.717, 1.165) is 55.0 Å². The van der Waals surface area contributed by atoms with Crippen LogP contribution in [0, 0.1) is 17.2 Å². The van der Waals surface area contributed by atoms with E-state index >= 15 is 0 Å². The Morgan fingerprint density at radius 3 is 2.72 bits per heavy atom. The quantitative estimate of drug-likeness (QED) is 0.470. The van der Waals surface area contributed by atoms with Crippen LogP contribution in [-0.2, 0) is 16.1 Å². The smallest absolute Gasteiger partial charge is 0.227 e. The third kappa shape index (κ3) is 5.30. The molecule has 2 fully saturated rings. The van der Waals surface area contributed by atoms with E-state index in [4.69, 9.17) is 9.47 Å². The molecule has 9 heteroatoms. The Morgan fingerprint density at radius 2 is 2.00 bits per heavy atom. The predicted octanol–water partition coefficient (Wildman–Crippen LogP) is 3.95. The highest BCUT2D eigenvalue weighted by Gasteiger charge is 2.30. The van der Waals surface area contributed by atoms with Crippen molar-refractivity contribution < 1.29 is 14.3 Å². The first-order valence-electron chi connectivity index (χ1n) is 11.9. The molecule has 0 spiro atoms. The molecule has 2 aromatic carbocycles. The minimum Gasteiger partial charge on any atom is -0.496 e. The van der Waals surface area contributed by atoms with Gasteiger partial charge in [-0.15, -0.1) is 0 Å². The highest BCUT2D eigenvalue weighted by Crippen LogP contribution is 2.32. The van der Waals surface area contributed by atoms with Gasteiger partial charge in [-0.3, -0.25) is 9.69 Å². The van der Waals surface area contributed by atoms with E-state index in [0.29, 0.717) is 29.0 Å². The maximum atomic E-state index is 12.1. The largest absolute Gasteiger partial charge is 0.496 e. The summed E-state index contributed by atoms with van der Waals surface area (Å²) in [6.07, 6.45) is 3.79. The molecule has 1 aliphatic carbocycles. The van der Waals surface area contributed by atoms with Gasteiger partial charge in [0.05, 0.1) is 30.2 Å². The number of hydrogen-bond acceptors (Lipinski definition) is 8. The first-order chi connectivity index (χ1) is 17.6. The van der Waals surface area contributed by atoms with Gasteiger partial charge >= 0.3 is 0 Å². The molecule has 5 rings (SSSR count). The van der Waals surface area contributed by atoms with Gasteiger partial charge in [-0.1, -0.05) is 12.1 Å². The molecule has 3 aromatic rings. The Bertz CT molecular complexity index is 1310. The van der Waals surface area contributed by atoms with Crippen molar-refractivity contribution in [2.45, 2.75) is 25.5 Å². The van der Waals surface area contributed by atoms with Crippen LogP contribution in [0.1, 0.15) is 24.0 Å². The molecular weight excluding hydrogens is 456 g/mol. The van der Waals surface area contributed by atoms with Crippen LogP contribution in [0.3, 0.4) is 0 Å². The van der Waals surface area contributed by atoms with E-state index in [1.54, 1.807) is 38.6 Å². The van der Waals surface area contributed by atoms with Crippen LogP contribution in [0.5, 0.6) is 5.75 Å². The second-order valence-electron chi connectivity index (χ2n) is 9.10. The Morgan fingerprint density at radius 1 is 1.17 bits per heavy atom. The topological polar surface area (TPSA) is 112 Å². The number of likely N-dealkylation sites (tertiary alicyclic amines) is 1. The number of rotatable bonds is 9. The van der Waals surface area contributed by atoms with Gasteiger partial charge in [-0.25, -0.2) is 9.97 Å². The first-order valence-corrected chi connectivity index (χ1v) is 11.9. The fourth-order valence-electron chi connectivity index (χ4n) is 4.19. The summed E-state index contributed by atoms with van der Waals surface area (Å²) in [5.41, 5.74) is 4.26. The first kappa shape index (κ1) is 23.7. The molecule has 184 valence electrons. The highest BCUT2D eigenvalue weighted by atomic mass is 16.5. The Kier molecular flexibility index (Phi) is 6.80. The molecule has 0 bridgehead atoms. The lowest BCUT2D eigenvalue weighted by Crippen LogP contribution is -2.50. The van der Waals surface area contributed by atoms with Gasteiger partial charge in [0.2, 0.25) is 11.9 Å². The molecule has 1 aromatic heterocycles. The molecule has 1 amide bonds. The molecule has 0 unspecified atom stereocenters. The predicted molar refractivity (Wildman–Crippen MR) is 136 cm³/mol. The number of amides is 1. The van der Waals surface area contributed by atoms with E-state index in [-0.39, 0.29) is 11.8 Å². The second-order valence-corrected chi connectivity index (χ2v) is 9.10. The zero-order valence-corrected chi connectivity index (χ0v) is 20.3. The normalized spacial score (nSPS) is 15.6. The van der Waals surface area contributed by atoms with Crippen LogP contribution in [0.15, 0.2) is 48.7 Å². The molecule has 1 saturated heterocycles. The molecule has 1 aliphatic heterocycles. The van der Waals surface area contributed by atoms with Gasteiger partial charge in [0.25, 0.3) is 0 Å². The number of ether oxygens (including phenoxy) is 2. The van der Waals surface area contributed by atoms with E-state index in [9.17, 15) is 10.1 Å². The van der Waals surface area contributed by atoms with Crippen LogP contribution in [0.2, 0.25) is 0 Å². The average molecular weight is 485 g/mol. The molecule has 0 radical (unpaired) electrons. The Labute approximate surface area is 210 Å². The van der Waals surface area contributed by atoms with Crippen molar-refractivity contribution in [3.05, 3.63) is 59.8 Å². The summed E-state index contributed by atoms with van der Waals surface area (Å²) in [5.74, 6) is 1.26. The second kappa shape index (κ2) is 10.3. The summed E-state index contributed by atoms with van der Waals surface area (Å²) < 4.78 is 11.0. The van der Waals surface area contributed by atoms with Crippen molar-refractivity contribution >= 4 is 23.2 Å². The minimum atomic E-state index is -0.0294. The maximum Gasteiger partial charge on any atom is 0.227 e. The lowest BCUT2D eigenvalue weighted by Gasteiger charge is -2.38. The van der Waals surface area contributed by atoms with Crippen LogP contribution in [0.25, 0.3) is 11.3 Å². The molecule has 36 heavy (non-hydrogen) atoms. The number of nitrogens with one attached hydrogen (secondary N) is 2. The van der Waals surface area contributed by atoms with Crippen molar-refractivity contribution in [2.24, 2.45) is 5.92 Å². The monoisotopic (exact) mass is 484 g/mol. The molecule has 9 nitrogen and oxygen atoms in total. The maximum absolute atomic E-state index is 12.1. The van der Waals surface area contributed by atoms with Crippen molar-refractivity contribution in [3.63, 3.8) is 0 Å². The lowest BCUT2D eigenvalue weighted by atomic mass is 10.1. The van der Waals surface area contributed by atoms with Gasteiger partial charge in [-0.2, -0.15) is 5.26 Å². The van der Waals surface area contributed by atoms with Crippen molar-refractivity contribution in [2.75, 3.05) is 37.9 Å². The molecule has 2 heterocycles. The number of nitriles is 1. The standard InChI is InChI=1S/C27H28N6O3/c1-35-22-15-33(16-22)14-19-5-7-21(12-25(19)36-2)30-27-29-10-9-24(32-27)18-6-8-23(20(11-18)13-28)31-26(34)17-3-4-17/h5-12,17,22H,3-4,14-16H2,1-2H3,(H,31,34)(H,29,30,32). The third-order valence-electron chi connectivity index (χ3n) is 6.49. The molecule has 0 atom stereocenters. The summed E-state index contributed by atoms with van der Waals surface area (Å²) in [6, 6.07) is 15.2. The van der Waals surface area contributed by atoms with E-state index in [2.05, 4.69) is 31.6 Å². The summed E-state index contributed by atoms with van der Waals surface area (Å²) in [4.78, 5) is 23.4. The van der Waals surface area contributed by atoms with Crippen LogP contribution >= 0.6 is 0 Å². The van der Waals surface area contributed by atoms with Crippen LogP contribution < -0.4 is 15.4 Å². The molecule has 2 N–H and O–H groups in total. The van der Waals surface area contributed by atoms with Crippen molar-refractivity contribution in [1.29, 1.82) is 5.26 Å². The summed E-state index contributed by atoms with van der Waals surface area (Å²) in [6.45, 7) is 2.64. The number of nitrogens with zero attached hydrogens (tertiary/aromatic N) is 4. The zero-order chi connectivity index (χ0) is 25.1. The number of hydrogen-bond donors (Lipinski definition) is 2. The number of methoxy groups -OCH3 is 2. The number of anilines is 3. The van der Waals surface area contributed by atoms with E-state index < -0.39 is 0 Å². The minimum absolute atomic E-state index is 0.0294. The fraction of sp³-hybridized carbons (Fsp3) is 0.333. The SMILES string of the molecule is COc1cc(Nc2nccc(-c3ccc(NC(=O)C4CC4)c(C#N)c3)n2)ccc1CN1CC(OC)C1. The zero-order valence-electron chi connectivity index (χ0n) is 20.3. The average Bonchev–Trinajstić information content (AvgIpc) is 3.72. The summed E-state index contributed by atoms with van der Waals surface area (Å²) in [5, 5.41) is 15.7. The van der Waals surface area contributed by atoms with E-state index in [1.165, 1.54) is 0 Å². The van der Waals surface area contributed by atoms with Crippen molar-refractivity contribution in [1.82, 2.24) is 14.9 Å². The van der Waals surface area contributed by atoms with Gasteiger partial charge in [0, 0.05) is 61.7 Å². The van der Waals surface area contributed by atoms with Crippen molar-refractivity contribution in [3.8, 4) is 23.1 Å². The third-order valence-corrected chi connectivity index (χ3v) is 6.49. The summed E-state index contributed by atoms with van der Waals surface area (Å²) >= 11 is 0. The Balaban J connectivity index is 1.30. The van der Waals surface area contributed by atoms with E-state index in [1.807, 2.05) is 24.3 Å². The van der Waals surface area contributed by atoms with Gasteiger partial charge in [-0.05, 0) is 37.1 Å². The van der Waals surface area contributed by atoms with Crippen LogP contribution in [-0.4, -0.2) is 54.2 Å². The molecule has 2 aliphatic rings. The van der Waals surface area contributed by atoms with Gasteiger partial charge < -0.3 is 20.1 Å². The number of carbonyl (C=O) groups excluding carboxylic acids is 1. The molecular formula is C27H28N6O3. The Hall–Kier alpha value is -4.00. The van der Waals surface area contributed by atoms with Crippen LogP contribution in [0.4, 0.5) is 17.3 Å². The van der Waals surface area contributed by atoms with Gasteiger partial charge in [0.15, 0.2) is 0 Å². The lowest BCUT2D eigenvalue weighted by molar-refractivity contribution is -0.117. The fourth-order valence-corrected chi connectivity index (χ4v) is 4.19.